The van der Waals surface area contributed by atoms with E-state index >= 15 is 0 Å². The molecule has 0 radical (unpaired) electrons. The average molecular weight is 333 g/mol. The van der Waals surface area contributed by atoms with Crippen molar-refractivity contribution >= 4 is 21.6 Å². The Morgan fingerprint density at radius 1 is 1.38 bits per heavy atom. The molecule has 0 amide bonds. The summed E-state index contributed by atoms with van der Waals surface area (Å²) in [5, 5.41) is 9.38. The molecule has 0 bridgehead atoms. The third kappa shape index (κ3) is 3.40. The van der Waals surface area contributed by atoms with Crippen LogP contribution in [0.1, 0.15) is 18.9 Å². The number of nitrogens with zero attached hydrogens (tertiary/aromatic N) is 2. The summed E-state index contributed by atoms with van der Waals surface area (Å²) < 4.78 is 27.1. The molecule has 0 spiro atoms. The highest BCUT2D eigenvalue weighted by molar-refractivity contribution is 7.89. The molecule has 1 unspecified atom stereocenters. The van der Waals surface area contributed by atoms with Gasteiger partial charge in [-0.3, -0.25) is 0 Å². The third-order valence-corrected chi connectivity index (χ3v) is 6.35. The summed E-state index contributed by atoms with van der Waals surface area (Å²) in [6, 6.07) is 4.82. The minimum absolute atomic E-state index is 0.0788. The second kappa shape index (κ2) is 6.62. The van der Waals surface area contributed by atoms with Crippen LogP contribution >= 0.6 is 11.6 Å². The number of halogens is 1. The Morgan fingerprint density at radius 3 is 2.71 bits per heavy atom. The summed E-state index contributed by atoms with van der Waals surface area (Å²) in [6.45, 7) is 3.47. The molecule has 1 aliphatic rings. The lowest BCUT2D eigenvalue weighted by molar-refractivity contribution is 0.144. The van der Waals surface area contributed by atoms with Gasteiger partial charge in [-0.1, -0.05) is 24.6 Å². The quantitative estimate of drug-likeness (QED) is 0.908. The number of rotatable bonds is 4. The Hall–Kier alpha value is -0.660. The number of benzene rings is 1. The standard InChI is InChI=1S/C14H21ClN2O3S/c1-3-12-9-17(7-6-16(12)2)21(19,20)14-8-11(10-18)4-5-13(14)15/h4-5,8,12,18H,3,6-7,9-10H2,1-2H3. The lowest BCUT2D eigenvalue weighted by Crippen LogP contribution is -2.52. The Kier molecular flexibility index (Phi) is 5.27. The predicted molar refractivity (Wildman–Crippen MR) is 82.8 cm³/mol. The Bertz CT molecular complexity index is 606. The first-order valence-electron chi connectivity index (χ1n) is 6.99. The maximum Gasteiger partial charge on any atom is 0.244 e. The van der Waals surface area contributed by atoms with Gasteiger partial charge in [0.25, 0.3) is 0 Å². The predicted octanol–water partition coefficient (Wildman–Crippen LogP) is 1.55. The number of aliphatic hydroxyl groups is 1. The highest BCUT2D eigenvalue weighted by atomic mass is 35.5. The van der Waals surface area contributed by atoms with E-state index in [2.05, 4.69) is 11.8 Å². The third-order valence-electron chi connectivity index (χ3n) is 4.01. The molecule has 1 heterocycles. The zero-order valence-corrected chi connectivity index (χ0v) is 13.9. The van der Waals surface area contributed by atoms with Gasteiger partial charge in [0.1, 0.15) is 4.90 Å². The molecule has 5 nitrogen and oxygen atoms in total. The van der Waals surface area contributed by atoms with Crippen molar-refractivity contribution in [1.82, 2.24) is 9.21 Å². The molecule has 1 N–H and O–H groups in total. The summed E-state index contributed by atoms with van der Waals surface area (Å²) in [7, 11) is -1.62. The second-order valence-corrected chi connectivity index (χ2v) is 7.64. The van der Waals surface area contributed by atoms with Crippen LogP contribution in [0.4, 0.5) is 0 Å². The highest BCUT2D eigenvalue weighted by Crippen LogP contribution is 2.27. The minimum Gasteiger partial charge on any atom is -0.392 e. The number of sulfonamides is 1. The topological polar surface area (TPSA) is 60.9 Å². The maximum absolute atomic E-state index is 12.8. The van der Waals surface area contributed by atoms with Gasteiger partial charge in [0, 0.05) is 25.7 Å². The number of hydrogen-bond donors (Lipinski definition) is 1. The fourth-order valence-electron chi connectivity index (χ4n) is 2.56. The van der Waals surface area contributed by atoms with E-state index in [0.29, 0.717) is 25.2 Å². The lowest BCUT2D eigenvalue weighted by atomic mass is 10.1. The van der Waals surface area contributed by atoms with E-state index < -0.39 is 10.0 Å². The van der Waals surface area contributed by atoms with Gasteiger partial charge in [0.2, 0.25) is 10.0 Å². The van der Waals surface area contributed by atoms with Gasteiger partial charge in [-0.15, -0.1) is 0 Å². The molecule has 0 aliphatic carbocycles. The molecule has 0 aromatic heterocycles. The van der Waals surface area contributed by atoms with Crippen molar-refractivity contribution in [1.29, 1.82) is 0 Å². The molecule has 1 aliphatic heterocycles. The van der Waals surface area contributed by atoms with Crippen LogP contribution in [0.15, 0.2) is 23.1 Å². The van der Waals surface area contributed by atoms with Crippen molar-refractivity contribution in [2.45, 2.75) is 30.9 Å². The monoisotopic (exact) mass is 332 g/mol. The molecular formula is C14H21ClN2O3S. The molecule has 1 aromatic rings. The fourth-order valence-corrected chi connectivity index (χ4v) is 4.55. The molecule has 1 fully saturated rings. The van der Waals surface area contributed by atoms with Crippen LogP contribution in [0.3, 0.4) is 0 Å². The van der Waals surface area contributed by atoms with Crippen LogP contribution in [-0.2, 0) is 16.6 Å². The van der Waals surface area contributed by atoms with Gasteiger partial charge in [0.15, 0.2) is 0 Å². The van der Waals surface area contributed by atoms with Gasteiger partial charge in [-0.25, -0.2) is 8.42 Å². The van der Waals surface area contributed by atoms with Crippen molar-refractivity contribution in [2.24, 2.45) is 0 Å². The first-order chi connectivity index (χ1) is 9.90. The number of hydrogen-bond acceptors (Lipinski definition) is 4. The van der Waals surface area contributed by atoms with Crippen LogP contribution in [0, 0.1) is 0 Å². The average Bonchev–Trinajstić information content (AvgIpc) is 2.47. The van der Waals surface area contributed by atoms with Gasteiger partial charge in [-0.05, 0) is 31.2 Å². The summed E-state index contributed by atoms with van der Waals surface area (Å²) in [6.07, 6.45) is 0.896. The zero-order chi connectivity index (χ0) is 15.6. The van der Waals surface area contributed by atoms with Gasteiger partial charge < -0.3 is 10.0 Å². The molecule has 1 aromatic carbocycles. The van der Waals surface area contributed by atoms with Crippen LogP contribution in [0.5, 0.6) is 0 Å². The molecule has 118 valence electrons. The van der Waals surface area contributed by atoms with Crippen molar-refractivity contribution in [3.05, 3.63) is 28.8 Å². The molecule has 1 atom stereocenters. The summed E-state index contributed by atoms with van der Waals surface area (Å²) in [5.41, 5.74) is 0.541. The van der Waals surface area contributed by atoms with E-state index in [9.17, 15) is 13.5 Å². The SMILES string of the molecule is CCC1CN(S(=O)(=O)c2cc(CO)ccc2Cl)CCN1C. The Morgan fingerprint density at radius 2 is 2.10 bits per heavy atom. The zero-order valence-electron chi connectivity index (χ0n) is 12.3. The number of piperazine rings is 1. The van der Waals surface area contributed by atoms with Crippen LogP contribution in [-0.4, -0.2) is 55.5 Å². The molecule has 0 saturated carbocycles. The van der Waals surface area contributed by atoms with Crippen molar-refractivity contribution in [3.63, 3.8) is 0 Å². The first-order valence-corrected chi connectivity index (χ1v) is 8.81. The maximum atomic E-state index is 12.8. The van der Waals surface area contributed by atoms with Gasteiger partial charge >= 0.3 is 0 Å². The Labute approximate surface area is 131 Å². The van der Waals surface area contributed by atoms with Crippen LogP contribution in [0.2, 0.25) is 5.02 Å². The number of likely N-dealkylation sites (N-methyl/N-ethyl adjacent to an activating group) is 1. The summed E-state index contributed by atoms with van der Waals surface area (Å²) in [5.74, 6) is 0. The van der Waals surface area contributed by atoms with E-state index in [4.69, 9.17) is 11.6 Å². The van der Waals surface area contributed by atoms with Gasteiger partial charge in [-0.2, -0.15) is 4.31 Å². The minimum atomic E-state index is -3.63. The lowest BCUT2D eigenvalue weighted by Gasteiger charge is -2.38. The van der Waals surface area contributed by atoms with E-state index in [1.54, 1.807) is 6.07 Å². The summed E-state index contributed by atoms with van der Waals surface area (Å²) >= 11 is 6.06. The van der Waals surface area contributed by atoms with Crippen LogP contribution < -0.4 is 0 Å². The van der Waals surface area contributed by atoms with E-state index in [-0.39, 0.29) is 22.6 Å². The van der Waals surface area contributed by atoms with Gasteiger partial charge in [0.05, 0.1) is 11.6 Å². The van der Waals surface area contributed by atoms with Crippen molar-refractivity contribution in [2.75, 3.05) is 26.7 Å². The van der Waals surface area contributed by atoms with E-state index in [1.807, 2.05) is 7.05 Å². The normalized spacial score (nSPS) is 21.6. The van der Waals surface area contributed by atoms with Crippen LogP contribution in [0.25, 0.3) is 0 Å². The van der Waals surface area contributed by atoms with Crippen molar-refractivity contribution in [3.8, 4) is 0 Å². The summed E-state index contributed by atoms with van der Waals surface area (Å²) in [4.78, 5) is 2.26. The highest BCUT2D eigenvalue weighted by Gasteiger charge is 2.33. The molecule has 1 saturated heterocycles. The molecule has 2 rings (SSSR count). The largest absolute Gasteiger partial charge is 0.392 e. The molecule has 7 heteroatoms. The Balaban J connectivity index is 2.34. The van der Waals surface area contributed by atoms with E-state index in [0.717, 1.165) is 6.42 Å². The first kappa shape index (κ1) is 16.7. The van der Waals surface area contributed by atoms with Crippen molar-refractivity contribution < 1.29 is 13.5 Å². The smallest absolute Gasteiger partial charge is 0.244 e. The molecular weight excluding hydrogens is 312 g/mol. The number of aliphatic hydroxyl groups excluding tert-OH is 1. The molecule has 21 heavy (non-hydrogen) atoms. The van der Waals surface area contributed by atoms with E-state index in [1.165, 1.54) is 16.4 Å². The second-order valence-electron chi connectivity index (χ2n) is 5.33. The fraction of sp³-hybridized carbons (Fsp3) is 0.571.